The van der Waals surface area contributed by atoms with E-state index in [0.29, 0.717) is 0 Å². The van der Waals surface area contributed by atoms with E-state index in [1.165, 1.54) is 17.4 Å². The maximum absolute atomic E-state index is 10.2. The van der Waals surface area contributed by atoms with Crippen molar-refractivity contribution in [2.45, 2.75) is 6.04 Å². The first-order valence-electron chi connectivity index (χ1n) is 3.51. The summed E-state index contributed by atoms with van der Waals surface area (Å²) in [4.78, 5) is 11.1. The summed E-state index contributed by atoms with van der Waals surface area (Å²) in [5.41, 5.74) is 5.70. The Morgan fingerprint density at radius 3 is 2.85 bits per heavy atom. The molecule has 0 aromatic carbocycles. The summed E-state index contributed by atoms with van der Waals surface area (Å²) in [5, 5.41) is 8.37. The molecule has 1 heterocycles. The van der Waals surface area contributed by atoms with E-state index in [2.05, 4.69) is 15.9 Å². The van der Waals surface area contributed by atoms with Gasteiger partial charge in [-0.1, -0.05) is 6.08 Å². The topological polar surface area (TPSA) is 63.3 Å². The van der Waals surface area contributed by atoms with Crippen molar-refractivity contribution in [3.8, 4) is 0 Å². The Bertz CT molecular complexity index is 335. The molecule has 1 rings (SSSR count). The highest BCUT2D eigenvalue weighted by Gasteiger charge is 2.04. The van der Waals surface area contributed by atoms with Gasteiger partial charge in [-0.05, 0) is 28.1 Å². The Morgan fingerprint density at radius 2 is 2.38 bits per heavy atom. The first-order chi connectivity index (χ1) is 6.09. The second-order valence-corrected chi connectivity index (χ2v) is 4.86. The van der Waals surface area contributed by atoms with E-state index in [-0.39, 0.29) is 6.04 Å². The van der Waals surface area contributed by atoms with Crippen molar-refractivity contribution < 1.29 is 9.90 Å². The molecule has 70 valence electrons. The van der Waals surface area contributed by atoms with Gasteiger partial charge in [0.25, 0.3) is 0 Å². The lowest BCUT2D eigenvalue weighted by atomic mass is 10.2. The van der Waals surface area contributed by atoms with Crippen molar-refractivity contribution in [2.24, 2.45) is 5.73 Å². The van der Waals surface area contributed by atoms with Crippen LogP contribution in [0.25, 0.3) is 0 Å². The zero-order chi connectivity index (χ0) is 9.84. The molecule has 3 N–H and O–H groups in total. The van der Waals surface area contributed by atoms with Crippen molar-refractivity contribution in [3.05, 3.63) is 32.9 Å². The second-order valence-electron chi connectivity index (χ2n) is 2.37. The van der Waals surface area contributed by atoms with E-state index in [0.717, 1.165) is 14.7 Å². The Balaban J connectivity index is 2.68. The van der Waals surface area contributed by atoms with Crippen molar-refractivity contribution in [1.29, 1.82) is 0 Å². The van der Waals surface area contributed by atoms with Gasteiger partial charge in [0.15, 0.2) is 0 Å². The van der Waals surface area contributed by atoms with Crippen LogP contribution in [0.3, 0.4) is 0 Å². The third-order valence-corrected chi connectivity index (χ3v) is 3.09. The first kappa shape index (κ1) is 10.4. The number of carbonyl (C=O) groups is 1. The fraction of sp³-hybridized carbons (Fsp3) is 0.125. The van der Waals surface area contributed by atoms with E-state index in [1.54, 1.807) is 0 Å². The van der Waals surface area contributed by atoms with Gasteiger partial charge in [-0.2, -0.15) is 0 Å². The lowest BCUT2D eigenvalue weighted by Crippen LogP contribution is -2.05. The van der Waals surface area contributed by atoms with Crippen LogP contribution in [0.1, 0.15) is 10.9 Å². The first-order valence-corrected chi connectivity index (χ1v) is 5.12. The summed E-state index contributed by atoms with van der Waals surface area (Å²) in [5.74, 6) is -0.980. The number of hydrogen-bond acceptors (Lipinski definition) is 3. The van der Waals surface area contributed by atoms with Crippen LogP contribution < -0.4 is 5.73 Å². The zero-order valence-electron chi connectivity index (χ0n) is 6.61. The standard InChI is InChI=1S/C8H8BrNO2S/c9-7-3-2-6(13-7)5(10)1-4-8(11)12/h1-5H,10H2,(H,11,12)/b4-1+. The average Bonchev–Trinajstić information content (AvgIpc) is 2.47. The van der Waals surface area contributed by atoms with Gasteiger partial charge in [-0.3, -0.25) is 0 Å². The Morgan fingerprint density at radius 1 is 1.69 bits per heavy atom. The maximum atomic E-state index is 10.2. The molecule has 5 heteroatoms. The molecule has 3 nitrogen and oxygen atoms in total. The summed E-state index contributed by atoms with van der Waals surface area (Å²) in [7, 11) is 0. The van der Waals surface area contributed by atoms with Gasteiger partial charge in [0.2, 0.25) is 0 Å². The fourth-order valence-corrected chi connectivity index (χ4v) is 2.19. The van der Waals surface area contributed by atoms with Gasteiger partial charge in [0.05, 0.1) is 9.83 Å². The van der Waals surface area contributed by atoms with Gasteiger partial charge >= 0.3 is 5.97 Å². The molecule has 0 aliphatic heterocycles. The summed E-state index contributed by atoms with van der Waals surface area (Å²) in [6.45, 7) is 0. The number of carboxylic acid groups (broad SMARTS) is 1. The third kappa shape index (κ3) is 3.30. The van der Waals surface area contributed by atoms with Gasteiger partial charge in [-0.25, -0.2) is 4.79 Å². The smallest absolute Gasteiger partial charge is 0.328 e. The number of hydrogen-bond donors (Lipinski definition) is 2. The van der Waals surface area contributed by atoms with Gasteiger partial charge < -0.3 is 10.8 Å². The monoisotopic (exact) mass is 261 g/mol. The Kier molecular flexibility index (Phi) is 3.65. The number of thiophene rings is 1. The fourth-order valence-electron chi connectivity index (χ4n) is 0.788. The molecule has 0 fully saturated rings. The number of nitrogens with two attached hydrogens (primary N) is 1. The second kappa shape index (κ2) is 4.55. The number of halogens is 1. The highest BCUT2D eigenvalue weighted by molar-refractivity contribution is 9.11. The quantitative estimate of drug-likeness (QED) is 0.820. The van der Waals surface area contributed by atoms with Crippen LogP contribution >= 0.6 is 27.3 Å². The molecule has 0 aliphatic rings. The minimum atomic E-state index is -0.980. The van der Waals surface area contributed by atoms with E-state index in [9.17, 15) is 4.79 Å². The van der Waals surface area contributed by atoms with Crippen molar-refractivity contribution in [1.82, 2.24) is 0 Å². The molecule has 1 unspecified atom stereocenters. The van der Waals surface area contributed by atoms with Crippen LogP contribution in [-0.2, 0) is 4.79 Å². The van der Waals surface area contributed by atoms with E-state index in [1.807, 2.05) is 12.1 Å². The van der Waals surface area contributed by atoms with Crippen molar-refractivity contribution >= 4 is 33.2 Å². The summed E-state index contributed by atoms with van der Waals surface area (Å²) in [6.07, 6.45) is 2.51. The molecular formula is C8H8BrNO2S. The van der Waals surface area contributed by atoms with Crippen LogP contribution in [-0.4, -0.2) is 11.1 Å². The van der Waals surface area contributed by atoms with Crippen LogP contribution in [0, 0.1) is 0 Å². The van der Waals surface area contributed by atoms with Gasteiger partial charge in [0, 0.05) is 11.0 Å². The molecular weight excluding hydrogens is 254 g/mol. The Labute approximate surface area is 88.0 Å². The molecule has 1 aromatic rings. The lowest BCUT2D eigenvalue weighted by Gasteiger charge is -2.00. The van der Waals surface area contributed by atoms with E-state index >= 15 is 0 Å². The van der Waals surface area contributed by atoms with Crippen LogP contribution in [0.2, 0.25) is 0 Å². The van der Waals surface area contributed by atoms with E-state index < -0.39 is 5.97 Å². The minimum absolute atomic E-state index is 0.340. The zero-order valence-corrected chi connectivity index (χ0v) is 9.01. The molecule has 0 bridgehead atoms. The van der Waals surface area contributed by atoms with E-state index in [4.69, 9.17) is 10.8 Å². The minimum Gasteiger partial charge on any atom is -0.478 e. The summed E-state index contributed by atoms with van der Waals surface area (Å²) in [6, 6.07) is 3.41. The molecule has 1 atom stereocenters. The molecule has 0 amide bonds. The highest BCUT2D eigenvalue weighted by Crippen LogP contribution is 2.26. The van der Waals surface area contributed by atoms with Crippen LogP contribution in [0.5, 0.6) is 0 Å². The lowest BCUT2D eigenvalue weighted by molar-refractivity contribution is -0.131. The summed E-state index contributed by atoms with van der Waals surface area (Å²) >= 11 is 4.80. The van der Waals surface area contributed by atoms with Crippen LogP contribution in [0.4, 0.5) is 0 Å². The molecule has 0 saturated carbocycles. The van der Waals surface area contributed by atoms with Gasteiger partial charge in [0.1, 0.15) is 0 Å². The summed E-state index contributed by atoms with van der Waals surface area (Å²) < 4.78 is 0.988. The maximum Gasteiger partial charge on any atom is 0.328 e. The van der Waals surface area contributed by atoms with Gasteiger partial charge in [-0.15, -0.1) is 11.3 Å². The van der Waals surface area contributed by atoms with Crippen LogP contribution in [0.15, 0.2) is 28.1 Å². The SMILES string of the molecule is NC(/C=C/C(=O)O)c1ccc(Br)s1. The Hall–Kier alpha value is -0.650. The normalized spacial score (nSPS) is 13.4. The molecule has 0 saturated heterocycles. The molecule has 13 heavy (non-hydrogen) atoms. The molecule has 0 radical (unpaired) electrons. The van der Waals surface area contributed by atoms with Crippen molar-refractivity contribution in [3.63, 3.8) is 0 Å². The van der Waals surface area contributed by atoms with Crippen molar-refractivity contribution in [2.75, 3.05) is 0 Å². The average molecular weight is 262 g/mol. The highest BCUT2D eigenvalue weighted by atomic mass is 79.9. The third-order valence-electron chi connectivity index (χ3n) is 1.37. The number of aliphatic carboxylic acids is 1. The predicted molar refractivity (Wildman–Crippen MR) is 55.7 cm³/mol. The number of rotatable bonds is 3. The molecule has 0 aliphatic carbocycles. The molecule has 1 aromatic heterocycles. The largest absolute Gasteiger partial charge is 0.478 e. The number of carboxylic acids is 1. The molecule has 0 spiro atoms. The predicted octanol–water partition coefficient (Wildman–Crippen LogP) is 2.15.